The van der Waals surface area contributed by atoms with E-state index >= 15 is 0 Å². The van der Waals surface area contributed by atoms with Gasteiger partial charge in [0.1, 0.15) is 0 Å². The number of nitrogens with one attached hydrogen (secondary N) is 2. The van der Waals surface area contributed by atoms with E-state index in [1.165, 1.54) is 11.1 Å². The Balaban J connectivity index is 1.43. The number of alkyl halides is 3. The molecular weight excluding hydrogens is 623 g/mol. The highest BCUT2D eigenvalue weighted by atomic mass is 32.2. The van der Waals surface area contributed by atoms with Gasteiger partial charge in [0.05, 0.1) is 22.5 Å². The highest BCUT2D eigenvalue weighted by Crippen LogP contribution is 2.33. The molecule has 0 spiro atoms. The standard InChI is InChI=1S/C37H48F3N3O3S/c1-26(2)24-43(25-27(3)4)20-10-11-28-18-19-33-30(21-28)14-8-17-34(33)41-36(44)23-35(29-12-6-5-7-13-29)42-47(45,46)32-16-9-15-31(22-32)37(38,39)40/h5-7,9,12-13,15-16,18-19,21-22,26-27,34-35,42H,8,10-11,14,17,20,23-25H2,1-4H3,(H,41,44). The molecule has 0 saturated carbocycles. The summed E-state index contributed by atoms with van der Waals surface area (Å²) in [6, 6.07) is 17.5. The quantitative estimate of drug-likeness (QED) is 0.173. The molecule has 0 aliphatic heterocycles. The van der Waals surface area contributed by atoms with Gasteiger partial charge in [-0.2, -0.15) is 13.2 Å². The van der Waals surface area contributed by atoms with Crippen LogP contribution in [-0.2, 0) is 33.8 Å². The van der Waals surface area contributed by atoms with Gasteiger partial charge in [0.15, 0.2) is 0 Å². The number of amides is 1. The van der Waals surface area contributed by atoms with Crippen molar-refractivity contribution in [2.75, 3.05) is 19.6 Å². The molecular formula is C37H48F3N3O3S. The first-order valence-corrected chi connectivity index (χ1v) is 18.1. The Morgan fingerprint density at radius 2 is 1.64 bits per heavy atom. The third-order valence-corrected chi connectivity index (χ3v) is 9.87. The van der Waals surface area contributed by atoms with E-state index < -0.39 is 32.7 Å². The lowest BCUT2D eigenvalue weighted by Crippen LogP contribution is -2.36. The lowest BCUT2D eigenvalue weighted by Gasteiger charge is -2.28. The van der Waals surface area contributed by atoms with Crippen LogP contribution in [0.15, 0.2) is 77.7 Å². The fraction of sp³-hybridized carbons (Fsp3) is 0.486. The van der Waals surface area contributed by atoms with Crippen LogP contribution in [0.2, 0.25) is 0 Å². The average Bonchev–Trinajstić information content (AvgIpc) is 3.00. The Kier molecular flexibility index (Phi) is 12.7. The van der Waals surface area contributed by atoms with Crippen LogP contribution in [0.5, 0.6) is 0 Å². The highest BCUT2D eigenvalue weighted by molar-refractivity contribution is 7.89. The molecule has 2 unspecified atom stereocenters. The normalized spacial score (nSPS) is 16.0. The van der Waals surface area contributed by atoms with E-state index in [-0.39, 0.29) is 18.4 Å². The average molecular weight is 672 g/mol. The molecule has 3 aromatic rings. The second-order valence-corrected chi connectivity index (χ2v) is 15.2. The van der Waals surface area contributed by atoms with E-state index in [4.69, 9.17) is 0 Å². The monoisotopic (exact) mass is 671 g/mol. The maximum Gasteiger partial charge on any atom is 0.416 e. The van der Waals surface area contributed by atoms with Crippen molar-refractivity contribution < 1.29 is 26.4 Å². The van der Waals surface area contributed by atoms with Crippen LogP contribution in [0, 0.1) is 11.8 Å². The van der Waals surface area contributed by atoms with Crippen LogP contribution in [-0.4, -0.2) is 38.9 Å². The number of nitrogens with zero attached hydrogens (tertiary/aromatic N) is 1. The first-order chi connectivity index (χ1) is 22.2. The summed E-state index contributed by atoms with van der Waals surface area (Å²) < 4.78 is 68.9. The number of aryl methyl sites for hydroxylation is 2. The predicted octanol–water partition coefficient (Wildman–Crippen LogP) is 7.86. The summed E-state index contributed by atoms with van der Waals surface area (Å²) in [5.41, 5.74) is 3.07. The molecule has 2 atom stereocenters. The van der Waals surface area contributed by atoms with E-state index in [1.807, 2.05) is 0 Å². The SMILES string of the molecule is CC(C)CN(CCCc1ccc2c(c1)CCCC2NC(=O)CC(NS(=O)(=O)c1cccc(C(F)(F)F)c1)c1ccccc1)CC(C)C. The van der Waals surface area contributed by atoms with E-state index in [9.17, 15) is 26.4 Å². The zero-order valence-electron chi connectivity index (χ0n) is 27.8. The third kappa shape index (κ3) is 10.9. The summed E-state index contributed by atoms with van der Waals surface area (Å²) in [7, 11) is -4.38. The predicted molar refractivity (Wildman–Crippen MR) is 180 cm³/mol. The van der Waals surface area contributed by atoms with Crippen molar-refractivity contribution in [3.63, 3.8) is 0 Å². The van der Waals surface area contributed by atoms with E-state index in [0.717, 1.165) is 75.5 Å². The van der Waals surface area contributed by atoms with Crippen molar-refractivity contribution in [1.82, 2.24) is 14.9 Å². The number of carbonyl (C=O) groups excluding carboxylic acids is 1. The number of sulfonamides is 1. The highest BCUT2D eigenvalue weighted by Gasteiger charge is 2.33. The molecule has 47 heavy (non-hydrogen) atoms. The number of hydrogen-bond donors (Lipinski definition) is 2. The van der Waals surface area contributed by atoms with Gasteiger partial charge in [-0.1, -0.05) is 82.3 Å². The first kappa shape index (κ1) is 36.6. The molecule has 0 aromatic heterocycles. The summed E-state index contributed by atoms with van der Waals surface area (Å²) in [5, 5.41) is 3.11. The second-order valence-electron chi connectivity index (χ2n) is 13.5. The summed E-state index contributed by atoms with van der Waals surface area (Å²) in [5.74, 6) is 0.911. The minimum absolute atomic E-state index is 0.204. The topological polar surface area (TPSA) is 78.5 Å². The summed E-state index contributed by atoms with van der Waals surface area (Å²) >= 11 is 0. The molecule has 256 valence electrons. The molecule has 1 amide bonds. The number of carbonyl (C=O) groups is 1. The van der Waals surface area contributed by atoms with Gasteiger partial charge in [0.25, 0.3) is 0 Å². The molecule has 0 heterocycles. The molecule has 0 bridgehead atoms. The van der Waals surface area contributed by atoms with Gasteiger partial charge >= 0.3 is 6.18 Å². The van der Waals surface area contributed by atoms with Crippen LogP contribution in [0.4, 0.5) is 13.2 Å². The maximum absolute atomic E-state index is 13.4. The van der Waals surface area contributed by atoms with E-state index in [0.29, 0.717) is 23.5 Å². The molecule has 2 N–H and O–H groups in total. The summed E-state index contributed by atoms with van der Waals surface area (Å²) in [4.78, 5) is 15.5. The molecule has 1 aliphatic rings. The lowest BCUT2D eigenvalue weighted by atomic mass is 9.86. The van der Waals surface area contributed by atoms with Gasteiger partial charge in [-0.15, -0.1) is 0 Å². The van der Waals surface area contributed by atoms with Crippen LogP contribution < -0.4 is 10.0 Å². The fourth-order valence-electron chi connectivity index (χ4n) is 6.42. The Morgan fingerprint density at radius 1 is 0.936 bits per heavy atom. The molecule has 6 nitrogen and oxygen atoms in total. The van der Waals surface area contributed by atoms with Gasteiger partial charge < -0.3 is 10.2 Å². The molecule has 0 radical (unpaired) electrons. The van der Waals surface area contributed by atoms with Gasteiger partial charge in [-0.05, 0) is 90.9 Å². The molecule has 4 rings (SSSR count). The fourth-order valence-corrected chi connectivity index (χ4v) is 7.69. The Hall–Kier alpha value is -3.21. The second kappa shape index (κ2) is 16.3. The van der Waals surface area contributed by atoms with Crippen molar-refractivity contribution in [2.24, 2.45) is 11.8 Å². The molecule has 1 aliphatic carbocycles. The van der Waals surface area contributed by atoms with Crippen LogP contribution in [0.3, 0.4) is 0 Å². The number of hydrogen-bond acceptors (Lipinski definition) is 4. The van der Waals surface area contributed by atoms with Crippen molar-refractivity contribution in [2.45, 2.75) is 89.4 Å². The molecule has 3 aromatic carbocycles. The van der Waals surface area contributed by atoms with Crippen LogP contribution >= 0.6 is 0 Å². The van der Waals surface area contributed by atoms with Gasteiger partial charge in [-0.3, -0.25) is 4.79 Å². The zero-order chi connectivity index (χ0) is 34.2. The number of benzene rings is 3. The molecule has 0 saturated heterocycles. The minimum atomic E-state index is -4.69. The van der Waals surface area contributed by atoms with E-state index in [1.54, 1.807) is 30.3 Å². The first-order valence-electron chi connectivity index (χ1n) is 16.6. The van der Waals surface area contributed by atoms with Crippen molar-refractivity contribution >= 4 is 15.9 Å². The zero-order valence-corrected chi connectivity index (χ0v) is 28.6. The summed E-state index contributed by atoms with van der Waals surface area (Å²) in [6.07, 6.45) is -0.215. The Labute approximate surface area is 278 Å². The minimum Gasteiger partial charge on any atom is -0.349 e. The Bertz CT molecular complexity index is 1570. The molecule has 10 heteroatoms. The Morgan fingerprint density at radius 3 is 2.30 bits per heavy atom. The third-order valence-electron chi connectivity index (χ3n) is 8.40. The van der Waals surface area contributed by atoms with Crippen molar-refractivity contribution in [3.8, 4) is 0 Å². The van der Waals surface area contributed by atoms with Gasteiger partial charge in [0, 0.05) is 19.5 Å². The summed E-state index contributed by atoms with van der Waals surface area (Å²) in [6.45, 7) is 12.3. The molecule has 0 fully saturated rings. The van der Waals surface area contributed by atoms with Gasteiger partial charge in [0.2, 0.25) is 15.9 Å². The van der Waals surface area contributed by atoms with Crippen LogP contribution in [0.1, 0.15) is 93.3 Å². The number of fused-ring (bicyclic) bond motifs is 1. The maximum atomic E-state index is 13.4. The largest absolute Gasteiger partial charge is 0.416 e. The number of halogens is 3. The number of rotatable bonds is 15. The van der Waals surface area contributed by atoms with Crippen molar-refractivity contribution in [1.29, 1.82) is 0 Å². The smallest absolute Gasteiger partial charge is 0.349 e. The van der Waals surface area contributed by atoms with Crippen LogP contribution in [0.25, 0.3) is 0 Å². The van der Waals surface area contributed by atoms with E-state index in [2.05, 4.69) is 60.8 Å². The van der Waals surface area contributed by atoms with Crippen molar-refractivity contribution in [3.05, 3.63) is 101 Å². The lowest BCUT2D eigenvalue weighted by molar-refractivity contribution is -0.137. The van der Waals surface area contributed by atoms with Gasteiger partial charge in [-0.25, -0.2) is 13.1 Å².